The smallest absolute Gasteiger partial charge is 0.294 e. The molecule has 0 saturated carbocycles. The van der Waals surface area contributed by atoms with Gasteiger partial charge in [-0.05, 0) is 60.4 Å². The van der Waals surface area contributed by atoms with Gasteiger partial charge in [0, 0.05) is 5.69 Å². The highest BCUT2D eigenvalue weighted by Crippen LogP contribution is 2.28. The Hall–Kier alpha value is -2.25. The molecule has 0 fully saturated rings. The van der Waals surface area contributed by atoms with E-state index in [1.165, 1.54) is 24.3 Å². The van der Waals surface area contributed by atoms with E-state index in [1.807, 2.05) is 26.0 Å². The molecule has 2 aromatic rings. The van der Waals surface area contributed by atoms with Crippen molar-refractivity contribution in [3.63, 3.8) is 0 Å². The molecule has 0 radical (unpaired) electrons. The van der Waals surface area contributed by atoms with Crippen LogP contribution in [0.1, 0.15) is 25.0 Å². The Labute approximate surface area is 135 Å². The number of hydrogen-bond donors (Lipinski definition) is 2. The van der Waals surface area contributed by atoms with Gasteiger partial charge < -0.3 is 5.73 Å². The van der Waals surface area contributed by atoms with Crippen LogP contribution in [0, 0.1) is 0 Å². The third-order valence-electron chi connectivity index (χ3n) is 3.51. The molecule has 0 unspecified atom stereocenters. The van der Waals surface area contributed by atoms with Gasteiger partial charge in [0.15, 0.2) is 0 Å². The SMILES string of the molecule is CCc1cc(N=Nc2ccc(S(=O)(=O)O)cc2)cc(CC)c1N. The molecule has 0 aliphatic heterocycles. The lowest BCUT2D eigenvalue weighted by molar-refractivity contribution is 0.483. The Bertz CT molecular complexity index is 803. The number of nitrogens with zero attached hydrogens (tertiary/aromatic N) is 2. The van der Waals surface area contributed by atoms with E-state index in [1.54, 1.807) is 0 Å². The van der Waals surface area contributed by atoms with Crippen molar-refractivity contribution in [3.05, 3.63) is 47.5 Å². The van der Waals surface area contributed by atoms with Crippen molar-refractivity contribution in [2.75, 3.05) is 5.73 Å². The van der Waals surface area contributed by atoms with Crippen molar-refractivity contribution in [1.29, 1.82) is 0 Å². The Balaban J connectivity index is 2.30. The summed E-state index contributed by atoms with van der Waals surface area (Å²) in [4.78, 5) is -0.175. The molecule has 2 rings (SSSR count). The lowest BCUT2D eigenvalue weighted by Crippen LogP contribution is -1.98. The van der Waals surface area contributed by atoms with E-state index in [0.29, 0.717) is 11.4 Å². The second-order valence-corrected chi connectivity index (χ2v) is 6.48. The number of hydrogen-bond acceptors (Lipinski definition) is 5. The molecule has 0 heterocycles. The monoisotopic (exact) mass is 333 g/mol. The average molecular weight is 333 g/mol. The molecule has 0 aliphatic rings. The van der Waals surface area contributed by atoms with Gasteiger partial charge in [0.25, 0.3) is 10.1 Å². The molecule has 2 aromatic carbocycles. The summed E-state index contributed by atoms with van der Waals surface area (Å²) in [7, 11) is -4.20. The number of rotatable bonds is 5. The second kappa shape index (κ2) is 6.89. The summed E-state index contributed by atoms with van der Waals surface area (Å²) in [5, 5.41) is 8.27. The van der Waals surface area contributed by atoms with Crippen LogP contribution in [0.3, 0.4) is 0 Å². The predicted molar refractivity (Wildman–Crippen MR) is 90.0 cm³/mol. The first kappa shape index (κ1) is 17.1. The molecule has 0 spiro atoms. The molecule has 6 nitrogen and oxygen atoms in total. The van der Waals surface area contributed by atoms with Crippen LogP contribution in [-0.4, -0.2) is 13.0 Å². The van der Waals surface area contributed by atoms with E-state index in [9.17, 15) is 8.42 Å². The zero-order chi connectivity index (χ0) is 17.0. The van der Waals surface area contributed by atoms with E-state index in [4.69, 9.17) is 10.3 Å². The van der Waals surface area contributed by atoms with Crippen molar-refractivity contribution in [2.24, 2.45) is 10.2 Å². The zero-order valence-electron chi connectivity index (χ0n) is 13.0. The summed E-state index contributed by atoms with van der Waals surface area (Å²) in [6.07, 6.45) is 1.62. The van der Waals surface area contributed by atoms with Crippen LogP contribution in [-0.2, 0) is 23.0 Å². The third kappa shape index (κ3) is 4.14. The molecule has 0 amide bonds. The summed E-state index contributed by atoms with van der Waals surface area (Å²) in [6.45, 7) is 4.06. The first-order valence-corrected chi connectivity index (χ1v) is 8.69. The van der Waals surface area contributed by atoms with Gasteiger partial charge in [-0.3, -0.25) is 4.55 Å². The molecule has 7 heteroatoms. The van der Waals surface area contributed by atoms with Crippen LogP contribution < -0.4 is 5.73 Å². The fourth-order valence-corrected chi connectivity index (χ4v) is 2.68. The summed E-state index contributed by atoms with van der Waals surface area (Å²) in [6, 6.07) is 9.30. The average Bonchev–Trinajstić information content (AvgIpc) is 2.53. The minimum absolute atomic E-state index is 0.175. The lowest BCUT2D eigenvalue weighted by Gasteiger charge is -2.09. The van der Waals surface area contributed by atoms with Crippen molar-refractivity contribution in [1.82, 2.24) is 0 Å². The maximum absolute atomic E-state index is 11.0. The Morgan fingerprint density at radius 1 is 0.957 bits per heavy atom. The normalized spacial score (nSPS) is 12.0. The first-order chi connectivity index (χ1) is 10.8. The molecule has 0 aliphatic carbocycles. The van der Waals surface area contributed by atoms with Crippen molar-refractivity contribution in [3.8, 4) is 0 Å². The maximum atomic E-state index is 11.0. The summed E-state index contributed by atoms with van der Waals surface area (Å²) < 4.78 is 30.9. The van der Waals surface area contributed by atoms with Gasteiger partial charge in [-0.25, -0.2) is 0 Å². The van der Waals surface area contributed by atoms with E-state index in [0.717, 1.165) is 29.7 Å². The van der Waals surface area contributed by atoms with Gasteiger partial charge in [0.1, 0.15) is 0 Å². The lowest BCUT2D eigenvalue weighted by atomic mass is 10.0. The molecule has 23 heavy (non-hydrogen) atoms. The second-order valence-electron chi connectivity index (χ2n) is 5.05. The van der Waals surface area contributed by atoms with Crippen LogP contribution in [0.25, 0.3) is 0 Å². The fraction of sp³-hybridized carbons (Fsp3) is 0.250. The van der Waals surface area contributed by atoms with Crippen LogP contribution >= 0.6 is 0 Å². The van der Waals surface area contributed by atoms with Crippen LogP contribution in [0.15, 0.2) is 51.5 Å². The highest BCUT2D eigenvalue weighted by atomic mass is 32.2. The number of anilines is 1. The topological polar surface area (TPSA) is 105 Å². The van der Waals surface area contributed by atoms with Gasteiger partial charge in [-0.1, -0.05) is 13.8 Å². The quantitative estimate of drug-likeness (QED) is 0.489. The van der Waals surface area contributed by atoms with Gasteiger partial charge in [-0.15, -0.1) is 0 Å². The number of azo groups is 1. The Morgan fingerprint density at radius 2 is 1.43 bits per heavy atom. The number of aryl methyl sites for hydroxylation is 2. The molecule has 0 bridgehead atoms. The van der Waals surface area contributed by atoms with Crippen LogP contribution in [0.5, 0.6) is 0 Å². The van der Waals surface area contributed by atoms with Gasteiger partial charge in [0.05, 0.1) is 16.3 Å². The Morgan fingerprint density at radius 3 is 1.87 bits per heavy atom. The highest BCUT2D eigenvalue weighted by molar-refractivity contribution is 7.85. The zero-order valence-corrected chi connectivity index (χ0v) is 13.8. The molecule has 0 aromatic heterocycles. The Kier molecular flexibility index (Phi) is 5.12. The summed E-state index contributed by atoms with van der Waals surface area (Å²) >= 11 is 0. The van der Waals surface area contributed by atoms with Gasteiger partial charge in [-0.2, -0.15) is 18.6 Å². The van der Waals surface area contributed by atoms with Crippen LogP contribution in [0.2, 0.25) is 0 Å². The molecular formula is C16H19N3O3S. The van der Waals surface area contributed by atoms with E-state index in [2.05, 4.69) is 10.2 Å². The van der Waals surface area contributed by atoms with E-state index in [-0.39, 0.29) is 4.90 Å². The standard InChI is InChI=1S/C16H19N3O3S/c1-3-11-9-14(10-12(4-2)16(11)17)19-18-13-5-7-15(8-6-13)23(20,21)22/h5-10H,3-4,17H2,1-2H3,(H,20,21,22). The van der Waals surface area contributed by atoms with Crippen molar-refractivity contribution in [2.45, 2.75) is 31.6 Å². The van der Waals surface area contributed by atoms with Gasteiger partial charge >= 0.3 is 0 Å². The number of benzene rings is 2. The van der Waals surface area contributed by atoms with E-state index < -0.39 is 10.1 Å². The maximum Gasteiger partial charge on any atom is 0.294 e. The highest BCUT2D eigenvalue weighted by Gasteiger charge is 2.08. The van der Waals surface area contributed by atoms with E-state index >= 15 is 0 Å². The molecule has 0 atom stereocenters. The van der Waals surface area contributed by atoms with Crippen molar-refractivity contribution >= 4 is 27.2 Å². The molecular weight excluding hydrogens is 314 g/mol. The predicted octanol–water partition coefficient (Wildman–Crippen LogP) is 4.06. The minimum Gasteiger partial charge on any atom is -0.398 e. The van der Waals surface area contributed by atoms with Crippen molar-refractivity contribution < 1.29 is 13.0 Å². The summed E-state index contributed by atoms with van der Waals surface area (Å²) in [5.41, 5.74) is 10.1. The number of nitrogens with two attached hydrogens (primary N) is 1. The number of nitrogen functional groups attached to an aromatic ring is 1. The third-order valence-corrected chi connectivity index (χ3v) is 4.38. The molecule has 122 valence electrons. The summed E-state index contributed by atoms with van der Waals surface area (Å²) in [5.74, 6) is 0. The fourth-order valence-electron chi connectivity index (χ4n) is 2.20. The van der Waals surface area contributed by atoms with Gasteiger partial charge in [0.2, 0.25) is 0 Å². The first-order valence-electron chi connectivity index (χ1n) is 7.25. The minimum atomic E-state index is -4.20. The molecule has 0 saturated heterocycles. The molecule has 3 N–H and O–H groups in total. The largest absolute Gasteiger partial charge is 0.398 e. The van der Waals surface area contributed by atoms with Crippen LogP contribution in [0.4, 0.5) is 17.1 Å².